The second-order valence-electron chi connectivity index (χ2n) is 5.06. The van der Waals surface area contributed by atoms with Crippen molar-refractivity contribution in [1.29, 1.82) is 0 Å². The van der Waals surface area contributed by atoms with Crippen LogP contribution in [0.2, 0.25) is 0 Å². The molecule has 1 fully saturated rings. The van der Waals surface area contributed by atoms with E-state index in [9.17, 15) is 14.7 Å². The minimum absolute atomic E-state index is 0.249. The highest BCUT2D eigenvalue weighted by molar-refractivity contribution is 7.99. The molecule has 4 atom stereocenters. The maximum absolute atomic E-state index is 11.7. The summed E-state index contributed by atoms with van der Waals surface area (Å²) in [6.45, 7) is 5.53. The molecule has 0 heterocycles. The lowest BCUT2D eigenvalue weighted by atomic mass is 10.0. The van der Waals surface area contributed by atoms with E-state index in [2.05, 4.69) is 0 Å². The van der Waals surface area contributed by atoms with Crippen LogP contribution in [0, 0.1) is 17.3 Å². The molecule has 0 bridgehead atoms. The Labute approximate surface area is 111 Å². The van der Waals surface area contributed by atoms with Crippen LogP contribution in [-0.2, 0) is 14.3 Å². The summed E-state index contributed by atoms with van der Waals surface area (Å²) in [5.74, 6) is -2.41. The van der Waals surface area contributed by atoms with Crippen LogP contribution in [0.1, 0.15) is 20.8 Å². The van der Waals surface area contributed by atoms with Gasteiger partial charge in [0.05, 0.1) is 18.6 Å². The predicted octanol–water partition coefficient (Wildman–Crippen LogP) is 0.999. The normalized spacial score (nSPS) is 28.3. The van der Waals surface area contributed by atoms with Crippen molar-refractivity contribution in [1.82, 2.24) is 0 Å². The number of ether oxygens (including phenoxy) is 1. The summed E-state index contributed by atoms with van der Waals surface area (Å²) in [5.41, 5.74) is -0.480. The van der Waals surface area contributed by atoms with E-state index in [0.717, 1.165) is 0 Å². The molecule has 0 aliphatic heterocycles. The van der Waals surface area contributed by atoms with Gasteiger partial charge in [0.25, 0.3) is 0 Å². The zero-order valence-electron chi connectivity index (χ0n) is 11.0. The number of carboxylic acid groups (broad SMARTS) is 1. The van der Waals surface area contributed by atoms with Crippen LogP contribution in [0.4, 0.5) is 0 Å². The number of carbonyl (C=O) groups excluding carboxylic acids is 1. The minimum atomic E-state index is -0.991. The molecule has 2 N–H and O–H groups in total. The van der Waals surface area contributed by atoms with Crippen molar-refractivity contribution in [3.8, 4) is 0 Å². The number of carboxylic acids is 1. The summed E-state index contributed by atoms with van der Waals surface area (Å²) >= 11 is 1.19. The van der Waals surface area contributed by atoms with Crippen LogP contribution >= 0.6 is 11.8 Å². The number of esters is 1. The highest BCUT2D eigenvalue weighted by atomic mass is 32.2. The van der Waals surface area contributed by atoms with Crippen LogP contribution < -0.4 is 0 Å². The van der Waals surface area contributed by atoms with Gasteiger partial charge < -0.3 is 14.9 Å². The Hall–Kier alpha value is -0.750. The van der Waals surface area contributed by atoms with E-state index in [-0.39, 0.29) is 6.61 Å². The quantitative estimate of drug-likeness (QED) is 0.704. The van der Waals surface area contributed by atoms with Crippen LogP contribution in [0.15, 0.2) is 0 Å². The molecular weight excluding hydrogens is 256 g/mol. The van der Waals surface area contributed by atoms with E-state index >= 15 is 0 Å². The highest BCUT2D eigenvalue weighted by Gasteiger charge is 2.66. The third kappa shape index (κ3) is 2.64. The fourth-order valence-electron chi connectivity index (χ4n) is 2.57. The Balaban J connectivity index is 2.78. The third-order valence-corrected chi connectivity index (χ3v) is 4.61. The number of rotatable bonds is 6. The monoisotopic (exact) mass is 276 g/mol. The number of hydrogen-bond acceptors (Lipinski definition) is 5. The van der Waals surface area contributed by atoms with Gasteiger partial charge in [-0.25, -0.2) is 0 Å². The molecule has 6 heteroatoms. The van der Waals surface area contributed by atoms with E-state index in [1.807, 2.05) is 0 Å². The molecule has 0 amide bonds. The van der Waals surface area contributed by atoms with Gasteiger partial charge in [-0.2, -0.15) is 0 Å². The van der Waals surface area contributed by atoms with Crippen molar-refractivity contribution in [2.24, 2.45) is 17.3 Å². The summed E-state index contributed by atoms with van der Waals surface area (Å²) in [4.78, 5) is 22.7. The topological polar surface area (TPSA) is 83.8 Å². The van der Waals surface area contributed by atoms with Gasteiger partial charge in [-0.3, -0.25) is 9.59 Å². The van der Waals surface area contributed by atoms with Crippen molar-refractivity contribution in [3.63, 3.8) is 0 Å². The molecule has 0 radical (unpaired) electrons. The Bertz CT molecular complexity index is 341. The first-order valence-electron chi connectivity index (χ1n) is 5.89. The van der Waals surface area contributed by atoms with Crippen molar-refractivity contribution >= 4 is 23.7 Å². The van der Waals surface area contributed by atoms with Crippen molar-refractivity contribution in [2.45, 2.75) is 32.1 Å². The smallest absolute Gasteiger partial charge is 0.321 e. The van der Waals surface area contributed by atoms with Crippen molar-refractivity contribution in [3.05, 3.63) is 0 Å². The fraction of sp³-hybridized carbons (Fsp3) is 0.833. The van der Waals surface area contributed by atoms with Crippen LogP contribution in [-0.4, -0.2) is 46.4 Å². The molecule has 1 aliphatic rings. The Morgan fingerprint density at radius 3 is 2.33 bits per heavy atom. The summed E-state index contributed by atoms with van der Waals surface area (Å²) in [6, 6.07) is 0. The maximum atomic E-state index is 11.7. The van der Waals surface area contributed by atoms with Crippen molar-refractivity contribution < 1.29 is 24.5 Å². The first kappa shape index (κ1) is 15.3. The number of aliphatic hydroxyl groups is 1. The molecular formula is C12H20O5S. The van der Waals surface area contributed by atoms with Crippen LogP contribution in [0.3, 0.4) is 0 Å². The van der Waals surface area contributed by atoms with Gasteiger partial charge in [0, 0.05) is 5.92 Å². The van der Waals surface area contributed by atoms with Gasteiger partial charge in [-0.15, -0.1) is 11.8 Å². The summed E-state index contributed by atoms with van der Waals surface area (Å²) in [5, 5.41) is 18.6. The van der Waals surface area contributed by atoms with Gasteiger partial charge >= 0.3 is 11.9 Å². The van der Waals surface area contributed by atoms with Crippen molar-refractivity contribution in [2.75, 3.05) is 12.9 Å². The lowest BCUT2D eigenvalue weighted by molar-refractivity contribution is -0.145. The van der Waals surface area contributed by atoms with Gasteiger partial charge in [0.15, 0.2) is 0 Å². The minimum Gasteiger partial charge on any atom is -0.481 e. The second kappa shape index (κ2) is 5.48. The van der Waals surface area contributed by atoms with E-state index < -0.39 is 40.5 Å². The van der Waals surface area contributed by atoms with Crippen LogP contribution in [0.25, 0.3) is 0 Å². The maximum Gasteiger partial charge on any atom is 0.321 e. The number of carbonyl (C=O) groups is 2. The number of thioether (sulfide) groups is 1. The molecule has 1 aliphatic carbocycles. The largest absolute Gasteiger partial charge is 0.481 e. The van der Waals surface area contributed by atoms with E-state index in [0.29, 0.717) is 0 Å². The molecule has 0 saturated heterocycles. The lowest BCUT2D eigenvalue weighted by Crippen LogP contribution is -2.35. The van der Waals surface area contributed by atoms with E-state index in [4.69, 9.17) is 9.84 Å². The zero-order chi connectivity index (χ0) is 14.1. The van der Waals surface area contributed by atoms with Gasteiger partial charge in [0.2, 0.25) is 0 Å². The fourth-order valence-corrected chi connectivity index (χ4v) is 3.28. The zero-order valence-corrected chi connectivity index (χ0v) is 11.9. The average Bonchev–Trinajstić information content (AvgIpc) is 2.83. The summed E-state index contributed by atoms with van der Waals surface area (Å²) in [6.07, 6.45) is 0.714. The second-order valence-corrected chi connectivity index (χ2v) is 6.04. The van der Waals surface area contributed by atoms with E-state index in [1.165, 1.54) is 11.8 Å². The van der Waals surface area contributed by atoms with Gasteiger partial charge in [-0.05, 0) is 18.6 Å². The Kier molecular flexibility index (Phi) is 4.66. The molecule has 0 aromatic heterocycles. The van der Waals surface area contributed by atoms with E-state index in [1.54, 1.807) is 27.0 Å². The Morgan fingerprint density at radius 2 is 2.00 bits per heavy atom. The first-order valence-corrected chi connectivity index (χ1v) is 7.18. The lowest BCUT2D eigenvalue weighted by Gasteiger charge is -2.20. The standard InChI is InChI=1S/C12H20O5S/c1-5-17-11(16)9(18-4)8(13)6-7(10(14)15)12(6,2)3/h6-9,13H,5H2,1-4H3,(H,14,15). The first-order chi connectivity index (χ1) is 8.28. The molecule has 5 nitrogen and oxygen atoms in total. The van der Waals surface area contributed by atoms with Gasteiger partial charge in [0.1, 0.15) is 5.25 Å². The summed E-state index contributed by atoms with van der Waals surface area (Å²) < 4.78 is 4.89. The number of aliphatic carboxylic acids is 1. The molecule has 0 aromatic rings. The van der Waals surface area contributed by atoms with Crippen LogP contribution in [0.5, 0.6) is 0 Å². The molecule has 1 rings (SSSR count). The predicted molar refractivity (Wildman–Crippen MR) is 68.3 cm³/mol. The SMILES string of the molecule is CCOC(=O)C(SC)C(O)C1C(C(=O)O)C1(C)C. The van der Waals surface area contributed by atoms with Gasteiger partial charge in [-0.1, -0.05) is 13.8 Å². The highest BCUT2D eigenvalue weighted by Crippen LogP contribution is 2.61. The number of hydrogen-bond donors (Lipinski definition) is 2. The Morgan fingerprint density at radius 1 is 1.44 bits per heavy atom. The number of aliphatic hydroxyl groups excluding tert-OH is 1. The third-order valence-electron chi connectivity index (χ3n) is 3.63. The molecule has 4 unspecified atom stereocenters. The molecule has 104 valence electrons. The molecule has 0 aromatic carbocycles. The molecule has 0 spiro atoms. The average molecular weight is 276 g/mol. The molecule has 1 saturated carbocycles. The summed E-state index contributed by atoms with van der Waals surface area (Å²) in [7, 11) is 0. The molecule has 18 heavy (non-hydrogen) atoms.